The number of nitrogens with one attached hydrogen (secondary N) is 2. The number of ether oxygens (including phenoxy) is 1. The zero-order valence-electron chi connectivity index (χ0n) is 10.6. The van der Waals surface area contributed by atoms with Crippen LogP contribution >= 0.6 is 39.5 Å². The van der Waals surface area contributed by atoms with E-state index in [-0.39, 0.29) is 0 Å². The number of nitrogens with zero attached hydrogens (tertiary/aromatic N) is 1. The lowest BCUT2D eigenvalue weighted by Crippen LogP contribution is -2.23. The fourth-order valence-corrected chi connectivity index (χ4v) is 2.88. The molecule has 104 valence electrons. The highest BCUT2D eigenvalue weighted by atomic mass is 79.9. The fraction of sp³-hybridized carbons (Fsp3) is 0.0769. The Bertz CT molecular complexity index is 628. The van der Waals surface area contributed by atoms with Gasteiger partial charge in [0.05, 0.1) is 17.1 Å². The molecule has 0 aliphatic rings. The third kappa shape index (κ3) is 4.59. The van der Waals surface area contributed by atoms with E-state index in [1.807, 2.05) is 36.4 Å². The first kappa shape index (κ1) is 15.0. The molecule has 0 spiro atoms. The second-order valence-corrected chi connectivity index (χ2v) is 6.60. The lowest BCUT2D eigenvalue weighted by atomic mass is 10.3. The van der Waals surface area contributed by atoms with E-state index in [4.69, 9.17) is 17.0 Å². The van der Waals surface area contributed by atoms with Gasteiger partial charge in [0.25, 0.3) is 0 Å². The Morgan fingerprint density at radius 2 is 2.25 bits per heavy atom. The first-order valence-electron chi connectivity index (χ1n) is 5.67. The van der Waals surface area contributed by atoms with Crippen LogP contribution < -0.4 is 15.5 Å². The first-order chi connectivity index (χ1) is 9.67. The fourth-order valence-electron chi connectivity index (χ4n) is 1.41. The highest BCUT2D eigenvalue weighted by Crippen LogP contribution is 2.20. The van der Waals surface area contributed by atoms with Gasteiger partial charge in [-0.05, 0) is 52.4 Å². The summed E-state index contributed by atoms with van der Waals surface area (Å²) < 4.78 is 6.21. The summed E-state index contributed by atoms with van der Waals surface area (Å²) >= 11 is 10.1. The van der Waals surface area contributed by atoms with Gasteiger partial charge in [-0.1, -0.05) is 6.07 Å². The van der Waals surface area contributed by atoms with Crippen molar-refractivity contribution >= 4 is 56.5 Å². The molecule has 0 aliphatic heterocycles. The minimum atomic E-state index is 0.421. The lowest BCUT2D eigenvalue weighted by Gasteiger charge is -2.08. The number of hydrogen-bond donors (Lipinski definition) is 2. The summed E-state index contributed by atoms with van der Waals surface area (Å²) in [5, 5.41) is 7.52. The zero-order valence-corrected chi connectivity index (χ0v) is 13.8. The summed E-state index contributed by atoms with van der Waals surface area (Å²) in [7, 11) is 1.62. The van der Waals surface area contributed by atoms with Gasteiger partial charge >= 0.3 is 0 Å². The minimum absolute atomic E-state index is 0.421. The largest absolute Gasteiger partial charge is 0.497 e. The average molecular weight is 370 g/mol. The van der Waals surface area contributed by atoms with Crippen LogP contribution in [0.1, 0.15) is 4.88 Å². The number of thiophene rings is 1. The summed E-state index contributed by atoms with van der Waals surface area (Å²) in [4.78, 5) is 1.04. The topological polar surface area (TPSA) is 45.6 Å². The monoisotopic (exact) mass is 369 g/mol. The molecule has 20 heavy (non-hydrogen) atoms. The Morgan fingerprint density at radius 3 is 2.95 bits per heavy atom. The van der Waals surface area contributed by atoms with Gasteiger partial charge in [0.15, 0.2) is 5.11 Å². The molecule has 0 unspecified atom stereocenters. The van der Waals surface area contributed by atoms with Crippen LogP contribution in [0.5, 0.6) is 5.75 Å². The van der Waals surface area contributed by atoms with E-state index >= 15 is 0 Å². The van der Waals surface area contributed by atoms with Crippen molar-refractivity contribution in [1.29, 1.82) is 0 Å². The molecule has 0 fully saturated rings. The number of rotatable bonds is 4. The van der Waals surface area contributed by atoms with Gasteiger partial charge in [0.2, 0.25) is 0 Å². The predicted octanol–water partition coefficient (Wildman–Crippen LogP) is 3.84. The van der Waals surface area contributed by atoms with E-state index in [0.717, 1.165) is 20.1 Å². The number of halogens is 1. The van der Waals surface area contributed by atoms with Crippen LogP contribution in [0.25, 0.3) is 0 Å². The summed E-state index contributed by atoms with van der Waals surface area (Å²) in [5.41, 5.74) is 3.61. The molecular formula is C13H12BrN3OS2. The molecule has 4 nitrogen and oxygen atoms in total. The van der Waals surface area contributed by atoms with E-state index in [1.165, 1.54) is 0 Å². The quantitative estimate of drug-likeness (QED) is 0.488. The number of anilines is 1. The Hall–Kier alpha value is -1.44. The molecule has 2 aromatic rings. The zero-order chi connectivity index (χ0) is 14.4. The molecule has 0 amide bonds. The van der Waals surface area contributed by atoms with E-state index in [9.17, 15) is 0 Å². The molecule has 7 heteroatoms. The van der Waals surface area contributed by atoms with Gasteiger partial charge in [0.1, 0.15) is 5.75 Å². The van der Waals surface area contributed by atoms with Gasteiger partial charge < -0.3 is 10.1 Å². The normalized spacial score (nSPS) is 10.5. The summed E-state index contributed by atoms with van der Waals surface area (Å²) in [6, 6.07) is 11.5. The lowest BCUT2D eigenvalue weighted by molar-refractivity contribution is 0.415. The molecule has 1 aromatic carbocycles. The Morgan fingerprint density at radius 1 is 1.40 bits per heavy atom. The maximum Gasteiger partial charge on any atom is 0.191 e. The summed E-state index contributed by atoms with van der Waals surface area (Å²) in [6.45, 7) is 0. The number of methoxy groups -OCH3 is 1. The molecule has 0 atom stereocenters. The average Bonchev–Trinajstić information content (AvgIpc) is 2.84. The van der Waals surface area contributed by atoms with Crippen LogP contribution in [0, 0.1) is 0 Å². The van der Waals surface area contributed by atoms with Gasteiger partial charge in [0, 0.05) is 16.6 Å². The van der Waals surface area contributed by atoms with Crippen LogP contribution in [0.15, 0.2) is 45.3 Å². The second-order valence-electron chi connectivity index (χ2n) is 3.70. The third-order valence-electron chi connectivity index (χ3n) is 2.28. The molecule has 1 heterocycles. The molecular weight excluding hydrogens is 358 g/mol. The molecule has 0 radical (unpaired) electrons. The van der Waals surface area contributed by atoms with Crippen molar-refractivity contribution in [1.82, 2.24) is 5.43 Å². The molecule has 1 aromatic heterocycles. The number of hydrazone groups is 1. The third-order valence-corrected chi connectivity index (χ3v) is 4.03. The van der Waals surface area contributed by atoms with Crippen molar-refractivity contribution in [3.05, 3.63) is 45.1 Å². The standard InChI is InChI=1S/C13H12BrN3OS2/c1-18-10-4-2-3-9(7-10)16-13(19)17-15-8-11-5-6-12(14)20-11/h2-8H,1H3,(H2,16,17,19)/b15-8+. The Balaban J connectivity index is 1.87. The molecule has 2 N–H and O–H groups in total. The minimum Gasteiger partial charge on any atom is -0.497 e. The number of thiocarbonyl (C=S) groups is 1. The van der Waals surface area contributed by atoms with E-state index < -0.39 is 0 Å². The van der Waals surface area contributed by atoms with Crippen LogP contribution in [-0.2, 0) is 0 Å². The van der Waals surface area contributed by atoms with Gasteiger partial charge in [-0.15, -0.1) is 11.3 Å². The van der Waals surface area contributed by atoms with Crippen molar-refractivity contribution in [2.75, 3.05) is 12.4 Å². The van der Waals surface area contributed by atoms with Gasteiger partial charge in [-0.2, -0.15) is 5.10 Å². The smallest absolute Gasteiger partial charge is 0.191 e. The molecule has 0 saturated carbocycles. The van der Waals surface area contributed by atoms with Crippen molar-refractivity contribution in [2.24, 2.45) is 5.10 Å². The molecule has 2 rings (SSSR count). The van der Waals surface area contributed by atoms with E-state index in [1.54, 1.807) is 24.7 Å². The van der Waals surface area contributed by atoms with Crippen molar-refractivity contribution in [3.8, 4) is 5.75 Å². The number of hydrogen-bond acceptors (Lipinski definition) is 4. The molecule has 0 bridgehead atoms. The van der Waals surface area contributed by atoms with E-state index in [2.05, 4.69) is 31.8 Å². The van der Waals surface area contributed by atoms with Gasteiger partial charge in [-0.25, -0.2) is 0 Å². The summed E-state index contributed by atoms with van der Waals surface area (Å²) in [6.07, 6.45) is 1.72. The van der Waals surface area contributed by atoms with Crippen molar-refractivity contribution in [3.63, 3.8) is 0 Å². The van der Waals surface area contributed by atoms with E-state index in [0.29, 0.717) is 5.11 Å². The van der Waals surface area contributed by atoms with Crippen LogP contribution in [-0.4, -0.2) is 18.4 Å². The number of benzene rings is 1. The first-order valence-corrected chi connectivity index (χ1v) is 7.68. The van der Waals surface area contributed by atoms with Crippen molar-refractivity contribution in [2.45, 2.75) is 0 Å². The SMILES string of the molecule is COc1cccc(NC(=S)N/N=C/c2ccc(Br)s2)c1. The summed E-state index contributed by atoms with van der Waals surface area (Å²) in [5.74, 6) is 0.768. The molecule has 0 saturated heterocycles. The van der Waals surface area contributed by atoms with Crippen LogP contribution in [0.4, 0.5) is 5.69 Å². The van der Waals surface area contributed by atoms with Gasteiger partial charge in [-0.3, -0.25) is 5.43 Å². The second kappa shape index (κ2) is 7.37. The maximum atomic E-state index is 5.15. The molecule has 0 aliphatic carbocycles. The Kier molecular flexibility index (Phi) is 5.51. The Labute approximate surface area is 135 Å². The highest BCUT2D eigenvalue weighted by molar-refractivity contribution is 9.11. The van der Waals surface area contributed by atoms with Crippen LogP contribution in [0.2, 0.25) is 0 Å². The van der Waals surface area contributed by atoms with Crippen molar-refractivity contribution < 1.29 is 4.74 Å². The predicted molar refractivity (Wildman–Crippen MR) is 92.0 cm³/mol. The maximum absolute atomic E-state index is 5.15. The van der Waals surface area contributed by atoms with Crippen LogP contribution in [0.3, 0.4) is 0 Å². The highest BCUT2D eigenvalue weighted by Gasteiger charge is 1.98.